The largest absolute Gasteiger partial charge is 1.00 e. The Bertz CT molecular complexity index is 4790. The molecule has 9 heteroatoms. The molecule has 1 radical (unpaired) electrons. The van der Waals surface area contributed by atoms with E-state index in [0.717, 1.165) is 45.6 Å². The average Bonchev–Trinajstić information content (AvgIpc) is 1.63. The Hall–Kier alpha value is -9.77. The van der Waals surface area contributed by atoms with Gasteiger partial charge in [-0.3, -0.25) is 14.3 Å². The summed E-state index contributed by atoms with van der Waals surface area (Å²) in [6.07, 6.45) is 12.6. The van der Waals surface area contributed by atoms with E-state index in [0.29, 0.717) is 5.52 Å². The molecular formula is C78H59IrLiN4O3. The molecule has 1 aliphatic carbocycles. The van der Waals surface area contributed by atoms with Crippen molar-refractivity contribution in [1.29, 1.82) is 0 Å². The molecule has 0 saturated heterocycles. The van der Waals surface area contributed by atoms with Crippen molar-refractivity contribution in [2.24, 2.45) is 0 Å². The van der Waals surface area contributed by atoms with Gasteiger partial charge < -0.3 is 15.2 Å². The first-order chi connectivity index (χ1) is 41.7. The van der Waals surface area contributed by atoms with E-state index in [1.54, 1.807) is 18.5 Å². The summed E-state index contributed by atoms with van der Waals surface area (Å²) in [5.41, 5.74) is 13.3. The Labute approximate surface area is 531 Å². The van der Waals surface area contributed by atoms with Gasteiger partial charge >= 0.3 is 24.6 Å². The van der Waals surface area contributed by atoms with E-state index in [1.165, 1.54) is 102 Å². The fourth-order valence-corrected chi connectivity index (χ4v) is 11.3. The maximum atomic E-state index is 11.1. The van der Waals surface area contributed by atoms with E-state index in [4.69, 9.17) is 14.9 Å². The number of hydrogen-bond donors (Lipinski definition) is 1. The van der Waals surface area contributed by atoms with Crippen molar-refractivity contribution in [1.82, 2.24) is 19.5 Å². The molecule has 15 rings (SSSR count). The summed E-state index contributed by atoms with van der Waals surface area (Å²) in [4.78, 5) is 21.8. The molecule has 14 aromatic rings. The van der Waals surface area contributed by atoms with E-state index < -0.39 is 0 Å². The molecule has 11 aromatic carbocycles. The van der Waals surface area contributed by atoms with Crippen LogP contribution in [0.15, 0.2) is 297 Å². The van der Waals surface area contributed by atoms with Gasteiger partial charge in [0, 0.05) is 44.1 Å². The Morgan fingerprint density at radius 2 is 1.15 bits per heavy atom. The number of pyridine rings is 2. The Morgan fingerprint density at radius 3 is 1.77 bits per heavy atom. The van der Waals surface area contributed by atoms with Crippen molar-refractivity contribution >= 4 is 76.4 Å². The third kappa shape index (κ3) is 13.5. The smallest absolute Gasteiger partial charge is 0.871 e. The molecule has 0 fully saturated rings. The summed E-state index contributed by atoms with van der Waals surface area (Å²) in [7, 11) is 0. The number of nitrogens with zero attached hydrogens (tertiary/aromatic N) is 4. The SMILES string of the molecule is C1=CC(c2nc3ccccc3n2-c2ccccc2)CC=C1c1ccc2c(-c3ccc4ccccc4c3)c3ccccc3c(-c3ccc4ccccc4c3)c2c1.CC(=[OH+])C=C(C)O.[Ir].[Li+].[O-]c1cccc2cccnc12.[c-]1ccccc1-c1ccccn1. The standard InChI is InChI=1S/C53H36N2.C11H8N.C9H7NO.C5H8O2.Ir.Li/c1-2-16-44(17-3-1)55-50-21-11-10-20-49(50)54-53(55)38-26-22-37(23-27-38)41-30-31-47-48(34-41)52(43-29-25-36-13-5-7-15-40(36)33-43)46-19-9-8-18-45(46)51(47)42-28-24-35-12-4-6-14-39(35)32-42;1-2-6-10(7-3-1)11-8-4-5-9-12-11;11-8-5-1-3-7-4-2-6-10-9(7)8;1-4(6)3-5(2)7;;/h1-26,28-34,38H,27H2;1-6,8-9H;1-6,11H;3,6H,1-2H3;;/q;-1;;;;+1. The molecule has 0 saturated carbocycles. The number of aromatic nitrogens is 4. The van der Waals surface area contributed by atoms with Gasteiger partial charge in [-0.05, 0) is 156 Å². The maximum absolute atomic E-state index is 11.1. The van der Waals surface area contributed by atoms with Gasteiger partial charge in [-0.2, -0.15) is 0 Å². The molecule has 3 aromatic heterocycles. The van der Waals surface area contributed by atoms with E-state index in [9.17, 15) is 5.11 Å². The van der Waals surface area contributed by atoms with Crippen LogP contribution in [0.25, 0.3) is 110 Å². The zero-order chi connectivity index (χ0) is 58.1. The fourth-order valence-electron chi connectivity index (χ4n) is 11.3. The Kier molecular flexibility index (Phi) is 19.4. The summed E-state index contributed by atoms with van der Waals surface area (Å²) >= 11 is 0. The summed E-state index contributed by atoms with van der Waals surface area (Å²) in [6, 6.07) is 92.0. The average molecular weight is 1300 g/mol. The number of aliphatic hydroxyl groups is 1. The summed E-state index contributed by atoms with van der Waals surface area (Å²) in [5, 5.41) is 30.5. The van der Waals surface area contributed by atoms with Crippen LogP contribution in [0.3, 0.4) is 0 Å². The van der Waals surface area contributed by atoms with Crippen LogP contribution in [0.2, 0.25) is 0 Å². The molecule has 419 valence electrons. The topological polar surface area (TPSA) is 108 Å². The first-order valence-corrected chi connectivity index (χ1v) is 28.4. The molecule has 0 aliphatic heterocycles. The van der Waals surface area contributed by atoms with E-state index >= 15 is 0 Å². The van der Waals surface area contributed by atoms with Crippen molar-refractivity contribution in [3.05, 3.63) is 315 Å². The summed E-state index contributed by atoms with van der Waals surface area (Å²) in [5.74, 6) is 1.47. The van der Waals surface area contributed by atoms with Gasteiger partial charge in [0.2, 0.25) is 0 Å². The molecule has 0 amide bonds. The molecule has 0 spiro atoms. The van der Waals surface area contributed by atoms with Gasteiger partial charge in [-0.1, -0.05) is 200 Å². The number of fused-ring (bicyclic) bond motifs is 6. The van der Waals surface area contributed by atoms with Crippen LogP contribution in [0.5, 0.6) is 5.75 Å². The van der Waals surface area contributed by atoms with Crippen LogP contribution in [-0.2, 0) is 20.1 Å². The van der Waals surface area contributed by atoms with Crippen LogP contribution < -0.4 is 24.0 Å². The Balaban J connectivity index is 0.000000213. The number of allylic oxidation sites excluding steroid dienone is 6. The molecule has 7 nitrogen and oxygen atoms in total. The van der Waals surface area contributed by atoms with Crippen molar-refractivity contribution in [3.8, 4) is 44.9 Å². The van der Waals surface area contributed by atoms with Gasteiger partial charge in [0.1, 0.15) is 5.82 Å². The van der Waals surface area contributed by atoms with Crippen molar-refractivity contribution in [2.45, 2.75) is 26.2 Å². The number of rotatable bonds is 7. The predicted molar refractivity (Wildman–Crippen MR) is 352 cm³/mol. The molecule has 1 unspecified atom stereocenters. The second kappa shape index (κ2) is 28.0. The van der Waals surface area contributed by atoms with Crippen LogP contribution in [0.4, 0.5) is 0 Å². The molecule has 3 heterocycles. The number of carbonyl (C=O) groups excluding carboxylic acids is 1. The number of benzene rings is 11. The van der Waals surface area contributed by atoms with Crippen molar-refractivity contribution in [2.75, 3.05) is 0 Å². The third-order valence-corrected chi connectivity index (χ3v) is 15.1. The molecule has 87 heavy (non-hydrogen) atoms. The quantitative estimate of drug-likeness (QED) is 0.0427. The zero-order valence-corrected chi connectivity index (χ0v) is 50.8. The fraction of sp³-hybridized carbons (Fsp3) is 0.0513. The number of hydrogen-bond acceptors (Lipinski definition) is 5. The maximum Gasteiger partial charge on any atom is 1.00 e. The minimum absolute atomic E-state index is 0. The summed E-state index contributed by atoms with van der Waals surface area (Å²) < 4.78 is 2.33. The molecule has 1 aliphatic rings. The van der Waals surface area contributed by atoms with Crippen LogP contribution in [0.1, 0.15) is 37.6 Å². The van der Waals surface area contributed by atoms with Gasteiger partial charge in [0.15, 0.2) is 0 Å². The second-order valence-corrected chi connectivity index (χ2v) is 20.9. The monoisotopic (exact) mass is 1300 g/mol. The van der Waals surface area contributed by atoms with Gasteiger partial charge in [-0.15, -0.1) is 35.9 Å². The molecular weight excluding hydrogens is 1240 g/mol. The van der Waals surface area contributed by atoms with E-state index in [2.05, 4.69) is 221 Å². The molecule has 1 atom stereocenters. The Morgan fingerprint density at radius 1 is 0.563 bits per heavy atom. The number of aliphatic hydroxyl groups excluding tert-OH is 1. The van der Waals surface area contributed by atoms with Gasteiger partial charge in [-0.25, -0.2) is 4.98 Å². The van der Waals surface area contributed by atoms with Crippen molar-refractivity contribution < 1.29 is 54.0 Å². The van der Waals surface area contributed by atoms with E-state index in [1.807, 2.05) is 60.7 Å². The number of imidazole rings is 1. The minimum Gasteiger partial charge on any atom is -0.871 e. The normalized spacial score (nSPS) is 12.6. The first-order valence-electron chi connectivity index (χ1n) is 28.4. The third-order valence-electron chi connectivity index (χ3n) is 15.1. The van der Waals surface area contributed by atoms with Crippen LogP contribution >= 0.6 is 0 Å². The molecule has 2 N–H and O–H groups in total. The van der Waals surface area contributed by atoms with Crippen LogP contribution in [0, 0.1) is 6.07 Å². The van der Waals surface area contributed by atoms with Crippen LogP contribution in [-0.4, -0.2) is 35.2 Å². The minimum atomic E-state index is -0.0110. The second-order valence-electron chi connectivity index (χ2n) is 20.9. The zero-order valence-electron chi connectivity index (χ0n) is 48.4. The first kappa shape index (κ1) is 60.4. The number of para-hydroxylation sites is 4. The van der Waals surface area contributed by atoms with E-state index in [-0.39, 0.29) is 62.2 Å². The number of ketones is 1. The predicted octanol–water partition coefficient (Wildman–Crippen LogP) is 16.0. The van der Waals surface area contributed by atoms with Gasteiger partial charge in [0.05, 0.1) is 35.3 Å². The van der Waals surface area contributed by atoms with Crippen molar-refractivity contribution in [3.63, 3.8) is 0 Å². The van der Waals surface area contributed by atoms with Gasteiger partial charge in [0.25, 0.3) is 0 Å². The summed E-state index contributed by atoms with van der Waals surface area (Å²) in [6.45, 7) is 3.00. The molecule has 0 bridgehead atoms.